The molecule has 2 atom stereocenters. The first-order chi connectivity index (χ1) is 24.0. The zero-order valence-electron chi connectivity index (χ0n) is 30.1. The van der Waals surface area contributed by atoms with Crippen LogP contribution < -0.4 is 0 Å². The number of aliphatic carboxylic acids is 2. The van der Waals surface area contributed by atoms with Crippen LogP contribution in [0.1, 0.15) is 167 Å². The zero-order valence-corrected chi connectivity index (χ0v) is 30.1. The Kier molecular flexibility index (Phi) is 15.4. The molecular weight excluding hydrogens is 644 g/mol. The molecule has 14 nitrogen and oxygen atoms in total. The van der Waals surface area contributed by atoms with Crippen molar-refractivity contribution in [2.45, 2.75) is 140 Å². The van der Waals surface area contributed by atoms with Crippen LogP contribution in [0, 0.1) is 11.8 Å². The molecule has 1 aliphatic heterocycles. The number of hydrogen-bond donors (Lipinski definition) is 2. The lowest BCUT2D eigenvalue weighted by Crippen LogP contribution is -2.59. The molecule has 3 fully saturated rings. The summed E-state index contributed by atoms with van der Waals surface area (Å²) in [4.78, 5) is 58.1. The highest BCUT2D eigenvalue weighted by molar-refractivity contribution is 5.91. The summed E-state index contributed by atoms with van der Waals surface area (Å²) in [6, 6.07) is 0.356. The van der Waals surface area contributed by atoms with E-state index in [0.29, 0.717) is 32.0 Å². The van der Waals surface area contributed by atoms with Crippen molar-refractivity contribution in [2.75, 3.05) is 27.2 Å². The number of rotatable bonds is 17. The van der Waals surface area contributed by atoms with E-state index in [9.17, 15) is 24.3 Å². The van der Waals surface area contributed by atoms with Gasteiger partial charge in [-0.05, 0) is 38.8 Å². The lowest BCUT2D eigenvalue weighted by atomic mass is 9.84. The van der Waals surface area contributed by atoms with Crippen molar-refractivity contribution in [2.24, 2.45) is 11.8 Å². The molecule has 5 rings (SSSR count). The average molecular weight is 701 g/mol. The Bertz CT molecular complexity index is 1370. The maximum absolute atomic E-state index is 12.5. The molecule has 278 valence electrons. The van der Waals surface area contributed by atoms with E-state index in [1.165, 1.54) is 71.1 Å². The van der Waals surface area contributed by atoms with E-state index in [-0.39, 0.29) is 59.8 Å². The van der Waals surface area contributed by atoms with E-state index >= 15 is 0 Å². The highest BCUT2D eigenvalue weighted by atomic mass is 16.5. The van der Waals surface area contributed by atoms with Gasteiger partial charge >= 0.3 is 11.9 Å². The predicted octanol–water partition coefficient (Wildman–Crippen LogP) is 6.35. The fourth-order valence-corrected chi connectivity index (χ4v) is 7.43. The molecule has 1 amide bonds. The summed E-state index contributed by atoms with van der Waals surface area (Å²) in [6.45, 7) is 2.66. The van der Waals surface area contributed by atoms with Crippen LogP contribution in [-0.4, -0.2) is 97.1 Å². The summed E-state index contributed by atoms with van der Waals surface area (Å²) in [6.07, 6.45) is 18.6. The molecule has 0 spiro atoms. The van der Waals surface area contributed by atoms with Crippen molar-refractivity contribution < 1.29 is 38.4 Å². The molecule has 50 heavy (non-hydrogen) atoms. The Labute approximate surface area is 294 Å². The molecule has 0 aromatic carbocycles. The summed E-state index contributed by atoms with van der Waals surface area (Å²) < 4.78 is 10.4. The van der Waals surface area contributed by atoms with Gasteiger partial charge in [0.2, 0.25) is 23.4 Å². The number of hydrogen-bond acceptors (Lipinski definition) is 11. The number of Topliss-reactive ketones (excluding diaryl/α,β-unsaturated/α-hetero) is 1. The van der Waals surface area contributed by atoms with E-state index in [4.69, 9.17) is 14.2 Å². The van der Waals surface area contributed by atoms with Crippen molar-refractivity contribution in [3.05, 3.63) is 23.4 Å². The topological polar surface area (TPSA) is 193 Å². The van der Waals surface area contributed by atoms with Gasteiger partial charge in [0.1, 0.15) is 0 Å². The van der Waals surface area contributed by atoms with Crippen LogP contribution in [-0.2, 0) is 9.59 Å². The first-order valence-corrected chi connectivity index (χ1v) is 18.6. The smallest absolute Gasteiger partial charge is 0.304 e. The average Bonchev–Trinajstić information content (AvgIpc) is 3.75. The molecule has 3 heterocycles. The van der Waals surface area contributed by atoms with Crippen LogP contribution in [0.4, 0.5) is 0 Å². The van der Waals surface area contributed by atoms with Gasteiger partial charge in [-0.1, -0.05) is 100 Å². The van der Waals surface area contributed by atoms with Gasteiger partial charge in [0.25, 0.3) is 11.7 Å². The van der Waals surface area contributed by atoms with Crippen molar-refractivity contribution in [3.8, 4) is 0 Å². The van der Waals surface area contributed by atoms with E-state index < -0.39 is 11.9 Å². The van der Waals surface area contributed by atoms with Crippen LogP contribution in [0.3, 0.4) is 0 Å². The number of carbonyl (C=O) groups excluding carboxylic acids is 2. The van der Waals surface area contributed by atoms with Crippen molar-refractivity contribution in [1.82, 2.24) is 30.1 Å². The molecule has 14 heteroatoms. The van der Waals surface area contributed by atoms with E-state index in [0.717, 1.165) is 37.5 Å². The Morgan fingerprint density at radius 2 is 1.18 bits per heavy atom. The summed E-state index contributed by atoms with van der Waals surface area (Å²) >= 11 is 0. The lowest BCUT2D eigenvalue weighted by Gasteiger charge is -2.42. The Balaban J connectivity index is 0.000000232. The lowest BCUT2D eigenvalue weighted by molar-refractivity contribution is -0.138. The van der Waals surface area contributed by atoms with Gasteiger partial charge in [0.05, 0.1) is 12.8 Å². The second-order valence-corrected chi connectivity index (χ2v) is 14.8. The van der Waals surface area contributed by atoms with Crippen molar-refractivity contribution in [1.29, 1.82) is 0 Å². The number of aromatic nitrogens is 4. The van der Waals surface area contributed by atoms with Gasteiger partial charge in [-0.25, -0.2) is 0 Å². The number of nitrogens with zero attached hydrogens (tertiary/aromatic N) is 6. The number of likely N-dealkylation sites (N-methyl/N-ethyl adjacent to an activating group) is 1. The normalized spacial score (nSPS) is 18.6. The maximum atomic E-state index is 12.5. The number of carboxylic acids is 2. The molecule has 2 saturated carbocycles. The second kappa shape index (κ2) is 19.6. The number of carbonyl (C=O) groups is 4. The first kappa shape index (κ1) is 39.1. The van der Waals surface area contributed by atoms with Gasteiger partial charge in [-0.3, -0.25) is 19.2 Å². The molecule has 2 aliphatic carbocycles. The first-order valence-electron chi connectivity index (χ1n) is 18.6. The largest absolute Gasteiger partial charge is 0.481 e. The highest BCUT2D eigenvalue weighted by Crippen LogP contribution is 2.32. The van der Waals surface area contributed by atoms with Crippen LogP contribution >= 0.6 is 0 Å². The maximum Gasteiger partial charge on any atom is 0.304 e. The standard InChI is InChI=1S/C20H32N4O4.C16H24N2O4/c1-23(2)16-12-24(13-16)20(27)18-21-19(28-22-18)15(11-17(25)26)10-6-9-14-7-4-3-5-8-14;1-11(19)15-17-16(22-18-15)13(10-14(20)21)9-5-8-12-6-3-2-4-7-12/h14-16H,3-13H2,1-2H3,(H,25,26);12-13H,2-10H2,1H3,(H,20,21)/t15-;13-/m11/s1. The summed E-state index contributed by atoms with van der Waals surface area (Å²) in [5.41, 5.74) is 0. The minimum Gasteiger partial charge on any atom is -0.481 e. The third-order valence-electron chi connectivity index (χ3n) is 10.6. The molecule has 0 unspecified atom stereocenters. The quantitative estimate of drug-likeness (QED) is 0.174. The predicted molar refractivity (Wildman–Crippen MR) is 183 cm³/mol. The zero-order chi connectivity index (χ0) is 36.0. The van der Waals surface area contributed by atoms with Crippen LogP contribution in [0.25, 0.3) is 0 Å². The molecule has 2 aromatic rings. The summed E-state index contributed by atoms with van der Waals surface area (Å²) in [7, 11) is 3.98. The molecule has 1 saturated heterocycles. The Morgan fingerprint density at radius 3 is 1.58 bits per heavy atom. The minimum absolute atomic E-state index is 0.0256. The molecular formula is C36H56N6O8. The SMILES string of the molecule is CC(=O)c1noc([C@H](CCCC2CCCCC2)CC(=O)O)n1.CN(C)C1CN(C(=O)c2noc([C@H](CCCC3CCCCC3)CC(=O)O)n2)C1. The van der Waals surface area contributed by atoms with E-state index in [1.807, 2.05) is 14.1 Å². The van der Waals surface area contributed by atoms with Gasteiger partial charge in [0, 0.05) is 37.9 Å². The van der Waals surface area contributed by atoms with Gasteiger partial charge in [0.15, 0.2) is 0 Å². The summed E-state index contributed by atoms with van der Waals surface area (Å²) in [5.74, 6) is -0.776. The Hall–Kier alpha value is -3.68. The van der Waals surface area contributed by atoms with Gasteiger partial charge in [-0.15, -0.1) is 0 Å². The minimum atomic E-state index is -0.884. The van der Waals surface area contributed by atoms with Crippen molar-refractivity contribution >= 4 is 23.6 Å². The van der Waals surface area contributed by atoms with Crippen molar-refractivity contribution in [3.63, 3.8) is 0 Å². The third-order valence-corrected chi connectivity index (χ3v) is 10.6. The second-order valence-electron chi connectivity index (χ2n) is 14.8. The van der Waals surface area contributed by atoms with Crippen LogP contribution in [0.2, 0.25) is 0 Å². The fraction of sp³-hybridized carbons (Fsp3) is 0.778. The van der Waals surface area contributed by atoms with Gasteiger partial charge in [-0.2, -0.15) is 9.97 Å². The number of carboxylic acid groups (broad SMARTS) is 2. The Morgan fingerprint density at radius 1 is 0.740 bits per heavy atom. The number of amides is 1. The van der Waals surface area contributed by atoms with Crippen LogP contribution in [0.15, 0.2) is 9.05 Å². The van der Waals surface area contributed by atoms with Gasteiger partial charge < -0.3 is 29.1 Å². The third kappa shape index (κ3) is 12.3. The highest BCUT2D eigenvalue weighted by Gasteiger charge is 2.35. The fourth-order valence-electron chi connectivity index (χ4n) is 7.43. The van der Waals surface area contributed by atoms with Crippen LogP contribution in [0.5, 0.6) is 0 Å². The molecule has 2 aromatic heterocycles. The molecule has 0 bridgehead atoms. The van der Waals surface area contributed by atoms with E-state index in [1.54, 1.807) is 4.90 Å². The number of ketones is 1. The molecule has 2 N–H and O–H groups in total. The molecule has 3 aliphatic rings. The summed E-state index contributed by atoms with van der Waals surface area (Å²) in [5, 5.41) is 25.8. The molecule has 0 radical (unpaired) electrons. The van der Waals surface area contributed by atoms with E-state index in [2.05, 4.69) is 25.2 Å². The number of likely N-dealkylation sites (tertiary alicyclic amines) is 1. The monoisotopic (exact) mass is 700 g/mol.